The Hall–Kier alpha value is -0.900. The second-order valence-corrected chi connectivity index (χ2v) is 11.2. The highest BCUT2D eigenvalue weighted by Gasteiger charge is 2.26. The highest BCUT2D eigenvalue weighted by molar-refractivity contribution is 5.36. The number of hydrogen-bond acceptors (Lipinski definition) is 3. The molecule has 0 bridgehead atoms. The summed E-state index contributed by atoms with van der Waals surface area (Å²) in [6, 6.07) is 0. The van der Waals surface area contributed by atoms with Crippen LogP contribution in [-0.2, 0) is 4.74 Å². The molecule has 0 aromatic heterocycles. The minimum atomic E-state index is -0.522. The smallest absolute Gasteiger partial charge is 0.0997 e. The number of aliphatic hydroxyl groups is 2. The lowest BCUT2D eigenvalue weighted by molar-refractivity contribution is 0.0403. The van der Waals surface area contributed by atoms with Crippen molar-refractivity contribution in [1.29, 1.82) is 0 Å². The van der Waals surface area contributed by atoms with E-state index in [9.17, 15) is 10.2 Å². The predicted octanol–water partition coefficient (Wildman–Crippen LogP) is 8.45. The van der Waals surface area contributed by atoms with Crippen LogP contribution in [0.2, 0.25) is 0 Å². The van der Waals surface area contributed by atoms with Gasteiger partial charge in [0.25, 0.3) is 0 Å². The van der Waals surface area contributed by atoms with E-state index in [1.807, 2.05) is 19.9 Å². The van der Waals surface area contributed by atoms with E-state index < -0.39 is 11.7 Å². The first kappa shape index (κ1) is 31.1. The number of unbranched alkanes of at least 4 members (excludes halogenated alkanes) is 3. The largest absolute Gasteiger partial charge is 0.390 e. The van der Waals surface area contributed by atoms with Crippen molar-refractivity contribution in [3.05, 3.63) is 34.4 Å². The van der Waals surface area contributed by atoms with Crippen LogP contribution in [0.1, 0.15) is 132 Å². The molecule has 0 spiro atoms. The summed E-state index contributed by atoms with van der Waals surface area (Å²) in [5.74, 6) is 0.661. The summed E-state index contributed by atoms with van der Waals surface area (Å²) in [5.41, 5.74) is 4.43. The fraction of sp³-hybridized carbons (Fsp3) is 0.806. The lowest BCUT2D eigenvalue weighted by Crippen LogP contribution is -2.27. The summed E-state index contributed by atoms with van der Waals surface area (Å²) >= 11 is 0. The van der Waals surface area contributed by atoms with Crippen molar-refractivity contribution < 1.29 is 14.9 Å². The van der Waals surface area contributed by atoms with Crippen LogP contribution in [-0.4, -0.2) is 34.6 Å². The quantitative estimate of drug-likeness (QED) is 0.154. The van der Waals surface area contributed by atoms with Crippen LogP contribution in [0, 0.1) is 5.92 Å². The number of aliphatic hydroxyl groups excluding tert-OH is 1. The van der Waals surface area contributed by atoms with Gasteiger partial charge in [-0.05, 0) is 108 Å². The Morgan fingerprint density at radius 3 is 2.44 bits per heavy atom. The molecular weight excluding hydrogens is 420 g/mol. The maximum Gasteiger partial charge on any atom is 0.0997 e. The van der Waals surface area contributed by atoms with Crippen LogP contribution in [0.25, 0.3) is 0 Å². The fourth-order valence-electron chi connectivity index (χ4n) is 4.82. The molecule has 4 unspecified atom stereocenters. The molecule has 1 rings (SSSR count). The fourth-order valence-corrected chi connectivity index (χ4v) is 4.82. The van der Waals surface area contributed by atoms with Crippen LogP contribution in [0.5, 0.6) is 0 Å². The van der Waals surface area contributed by atoms with Gasteiger partial charge in [-0.15, -0.1) is 0 Å². The van der Waals surface area contributed by atoms with Gasteiger partial charge in [0.2, 0.25) is 0 Å². The van der Waals surface area contributed by atoms with Crippen molar-refractivity contribution in [2.24, 2.45) is 5.92 Å². The summed E-state index contributed by atoms with van der Waals surface area (Å²) in [7, 11) is 0. The first-order valence-corrected chi connectivity index (χ1v) is 14.2. The van der Waals surface area contributed by atoms with E-state index in [0.717, 1.165) is 70.0 Å². The highest BCUT2D eigenvalue weighted by atomic mass is 16.5. The van der Waals surface area contributed by atoms with Crippen molar-refractivity contribution >= 4 is 0 Å². The molecule has 3 heteroatoms. The molecule has 2 N–H and O–H groups in total. The monoisotopic (exact) mass is 476 g/mol. The molecule has 0 amide bonds. The maximum atomic E-state index is 10.5. The highest BCUT2D eigenvalue weighted by Crippen LogP contribution is 2.32. The average Bonchev–Trinajstić information content (AvgIpc) is 2.78. The minimum Gasteiger partial charge on any atom is -0.390 e. The SMILES string of the molecule is CCCCCC(C)(O)CCC=C(C)CCCC(C)CCC1=CC(O)C(C)=C(C)C1OCCCC. The molecule has 0 aromatic rings. The van der Waals surface area contributed by atoms with Crippen LogP contribution in [0.3, 0.4) is 0 Å². The van der Waals surface area contributed by atoms with E-state index in [1.165, 1.54) is 42.4 Å². The molecular formula is C31H56O3. The summed E-state index contributed by atoms with van der Waals surface area (Å²) in [4.78, 5) is 0. The topological polar surface area (TPSA) is 49.7 Å². The Bertz CT molecular complexity index is 656. The van der Waals surface area contributed by atoms with Gasteiger partial charge < -0.3 is 14.9 Å². The van der Waals surface area contributed by atoms with Gasteiger partial charge in [-0.1, -0.05) is 64.5 Å². The lowest BCUT2D eigenvalue weighted by Gasteiger charge is -2.30. The van der Waals surface area contributed by atoms with Crippen molar-refractivity contribution in [3.63, 3.8) is 0 Å². The molecule has 0 radical (unpaired) electrons. The predicted molar refractivity (Wildman–Crippen MR) is 147 cm³/mol. The van der Waals surface area contributed by atoms with E-state index >= 15 is 0 Å². The zero-order valence-electron chi connectivity index (χ0n) is 23.6. The molecule has 1 aliphatic rings. The zero-order chi connectivity index (χ0) is 25.6. The molecule has 3 nitrogen and oxygen atoms in total. The van der Waals surface area contributed by atoms with Crippen molar-refractivity contribution in [2.75, 3.05) is 6.61 Å². The Labute approximate surface area is 211 Å². The third-order valence-electron chi connectivity index (χ3n) is 7.64. The average molecular weight is 477 g/mol. The van der Waals surface area contributed by atoms with Gasteiger partial charge in [0.1, 0.15) is 0 Å². The Balaban J connectivity index is 2.39. The van der Waals surface area contributed by atoms with Gasteiger partial charge in [-0.3, -0.25) is 0 Å². The maximum absolute atomic E-state index is 10.5. The molecule has 0 saturated heterocycles. The van der Waals surface area contributed by atoms with Crippen molar-refractivity contribution in [3.8, 4) is 0 Å². The molecule has 0 aliphatic heterocycles. The first-order valence-electron chi connectivity index (χ1n) is 14.2. The molecule has 0 fully saturated rings. The van der Waals surface area contributed by atoms with Crippen molar-refractivity contribution in [2.45, 2.75) is 150 Å². The zero-order valence-corrected chi connectivity index (χ0v) is 23.6. The first-order chi connectivity index (χ1) is 16.1. The molecule has 4 atom stereocenters. The molecule has 0 aromatic carbocycles. The number of ether oxygens (including phenoxy) is 1. The van der Waals surface area contributed by atoms with Crippen LogP contribution >= 0.6 is 0 Å². The molecule has 198 valence electrons. The van der Waals surface area contributed by atoms with Gasteiger partial charge >= 0.3 is 0 Å². The minimum absolute atomic E-state index is 0.0477. The summed E-state index contributed by atoms with van der Waals surface area (Å²) in [6.07, 6.45) is 18.2. The van der Waals surface area contributed by atoms with Gasteiger partial charge in [0, 0.05) is 6.61 Å². The van der Waals surface area contributed by atoms with E-state index in [0.29, 0.717) is 5.92 Å². The van der Waals surface area contributed by atoms with Crippen molar-refractivity contribution in [1.82, 2.24) is 0 Å². The van der Waals surface area contributed by atoms with Crippen LogP contribution < -0.4 is 0 Å². The van der Waals surface area contributed by atoms with E-state index in [2.05, 4.69) is 40.7 Å². The van der Waals surface area contributed by atoms with Gasteiger partial charge in [0.05, 0.1) is 17.8 Å². The van der Waals surface area contributed by atoms with Crippen LogP contribution in [0.4, 0.5) is 0 Å². The van der Waals surface area contributed by atoms with Gasteiger partial charge in [-0.2, -0.15) is 0 Å². The van der Waals surface area contributed by atoms with E-state index in [4.69, 9.17) is 4.74 Å². The molecule has 1 aliphatic carbocycles. The third kappa shape index (κ3) is 12.2. The Kier molecular flexibility index (Phi) is 15.3. The molecule has 34 heavy (non-hydrogen) atoms. The van der Waals surface area contributed by atoms with Gasteiger partial charge in [-0.25, -0.2) is 0 Å². The summed E-state index contributed by atoms with van der Waals surface area (Å²) in [5, 5.41) is 21.0. The third-order valence-corrected chi connectivity index (χ3v) is 7.64. The van der Waals surface area contributed by atoms with E-state index in [1.54, 1.807) is 0 Å². The van der Waals surface area contributed by atoms with E-state index in [-0.39, 0.29) is 6.10 Å². The normalized spacial score (nSPS) is 22.0. The number of allylic oxidation sites excluding steroid dienone is 2. The Morgan fingerprint density at radius 1 is 1.06 bits per heavy atom. The lowest BCUT2D eigenvalue weighted by atomic mass is 9.85. The second-order valence-electron chi connectivity index (χ2n) is 11.2. The Morgan fingerprint density at radius 2 is 1.76 bits per heavy atom. The summed E-state index contributed by atoms with van der Waals surface area (Å²) in [6.45, 7) is 15.9. The summed E-state index contributed by atoms with van der Waals surface area (Å²) < 4.78 is 6.24. The van der Waals surface area contributed by atoms with Crippen LogP contribution in [0.15, 0.2) is 34.4 Å². The second kappa shape index (κ2) is 16.7. The van der Waals surface area contributed by atoms with Gasteiger partial charge in [0.15, 0.2) is 0 Å². The number of hydrogen-bond donors (Lipinski definition) is 2. The standard InChI is InChI=1S/C31H56O3/c1-8-10-12-20-31(7,33)21-14-17-24(3)15-13-16-25(4)18-19-28-23-29(32)26(5)27(6)30(28)34-22-11-9-2/h17,23,25,29-30,32-33H,8-16,18-22H2,1-7H3. The number of rotatable bonds is 18. The molecule has 0 heterocycles. The molecule has 0 saturated carbocycles.